The largest absolute Gasteiger partial charge is 0.488 e. The number of aryl methyl sites for hydroxylation is 1. The second-order valence-electron chi connectivity index (χ2n) is 10.0. The predicted octanol–water partition coefficient (Wildman–Crippen LogP) is 4.98. The first-order valence-corrected chi connectivity index (χ1v) is 12.7. The molecule has 1 aromatic heterocycles. The van der Waals surface area contributed by atoms with E-state index in [0.717, 1.165) is 41.4 Å². The number of carbonyl (C=O) groups excluding carboxylic acids is 1. The van der Waals surface area contributed by atoms with Gasteiger partial charge < -0.3 is 20.2 Å². The van der Waals surface area contributed by atoms with Gasteiger partial charge in [0.25, 0.3) is 0 Å². The Morgan fingerprint density at radius 1 is 1.26 bits per heavy atom. The number of nitrogens with zero attached hydrogens (tertiary/aromatic N) is 1. The lowest BCUT2D eigenvalue weighted by Crippen LogP contribution is -2.51. The zero-order chi connectivity index (χ0) is 24.5. The van der Waals surface area contributed by atoms with Gasteiger partial charge in [-0.05, 0) is 88.4 Å². The quantitative estimate of drug-likeness (QED) is 0.453. The highest BCUT2D eigenvalue weighted by molar-refractivity contribution is 5.95. The molecule has 7 heteroatoms. The van der Waals surface area contributed by atoms with Crippen LogP contribution in [0.1, 0.15) is 61.0 Å². The number of ether oxygens (including phenoxy) is 2. The van der Waals surface area contributed by atoms with Crippen molar-refractivity contribution in [2.45, 2.75) is 70.6 Å². The van der Waals surface area contributed by atoms with Crippen LogP contribution in [0, 0.1) is 5.82 Å². The number of halogens is 1. The first kappa shape index (κ1) is 23.7. The van der Waals surface area contributed by atoms with Gasteiger partial charge in [0.15, 0.2) is 11.5 Å². The molecule has 2 heterocycles. The average molecular weight is 480 g/mol. The minimum absolute atomic E-state index is 0.00399. The van der Waals surface area contributed by atoms with Gasteiger partial charge in [0.2, 0.25) is 5.91 Å². The highest BCUT2D eigenvalue weighted by Crippen LogP contribution is 2.40. The number of carbonyl (C=O) groups is 1. The van der Waals surface area contributed by atoms with E-state index in [1.165, 1.54) is 25.3 Å². The molecule has 6 nitrogen and oxygen atoms in total. The van der Waals surface area contributed by atoms with Crippen LogP contribution in [0.5, 0.6) is 11.5 Å². The van der Waals surface area contributed by atoms with Crippen LogP contribution in [0.25, 0.3) is 10.9 Å². The van der Waals surface area contributed by atoms with Gasteiger partial charge in [-0.25, -0.2) is 4.39 Å². The van der Waals surface area contributed by atoms with E-state index in [2.05, 4.69) is 9.88 Å². The van der Waals surface area contributed by atoms with Crippen molar-refractivity contribution in [3.05, 3.63) is 59.0 Å². The van der Waals surface area contributed by atoms with Crippen LogP contribution in [0.2, 0.25) is 0 Å². The fourth-order valence-electron chi connectivity index (χ4n) is 5.42. The van der Waals surface area contributed by atoms with E-state index in [0.29, 0.717) is 36.1 Å². The fraction of sp³-hybridized carbons (Fsp3) is 0.464. The summed E-state index contributed by atoms with van der Waals surface area (Å²) < 4.78 is 26.0. The van der Waals surface area contributed by atoms with Gasteiger partial charge in [-0.3, -0.25) is 9.69 Å². The Kier molecular flexibility index (Phi) is 6.69. The van der Waals surface area contributed by atoms with E-state index < -0.39 is 5.91 Å². The van der Waals surface area contributed by atoms with E-state index in [1.54, 1.807) is 24.3 Å². The molecule has 0 unspecified atom stereocenters. The van der Waals surface area contributed by atoms with E-state index >= 15 is 0 Å². The van der Waals surface area contributed by atoms with Crippen molar-refractivity contribution < 1.29 is 18.7 Å². The topological polar surface area (TPSA) is 80.6 Å². The molecule has 1 aliphatic carbocycles. The number of rotatable bonds is 9. The number of amides is 1. The molecule has 2 aliphatic rings. The number of primary amides is 1. The third kappa shape index (κ3) is 4.87. The molecular formula is C28H34FN3O3. The summed E-state index contributed by atoms with van der Waals surface area (Å²) in [5.41, 5.74) is 9.19. The number of nitrogens with two attached hydrogens (primary N) is 1. The Morgan fingerprint density at radius 3 is 2.80 bits per heavy atom. The molecule has 35 heavy (non-hydrogen) atoms. The van der Waals surface area contributed by atoms with Gasteiger partial charge >= 0.3 is 0 Å². The summed E-state index contributed by atoms with van der Waals surface area (Å²) in [6, 6.07) is 9.12. The first-order chi connectivity index (χ1) is 16.9. The number of H-pyrrole nitrogens is 1. The van der Waals surface area contributed by atoms with Crippen molar-refractivity contribution in [3.63, 3.8) is 0 Å². The summed E-state index contributed by atoms with van der Waals surface area (Å²) in [5, 5.41) is 0.957. The lowest BCUT2D eigenvalue weighted by Gasteiger charge is -2.44. The average Bonchev–Trinajstić information content (AvgIpc) is 3.18. The molecule has 1 amide bonds. The summed E-state index contributed by atoms with van der Waals surface area (Å²) in [4.78, 5) is 18.0. The van der Waals surface area contributed by atoms with Crippen LogP contribution in [0.15, 0.2) is 36.5 Å². The number of nitrogens with one attached hydrogen (secondary N) is 1. The van der Waals surface area contributed by atoms with Crippen molar-refractivity contribution in [1.82, 2.24) is 9.88 Å². The van der Waals surface area contributed by atoms with Crippen molar-refractivity contribution >= 4 is 16.8 Å². The zero-order valence-corrected chi connectivity index (χ0v) is 20.5. The highest BCUT2D eigenvalue weighted by atomic mass is 19.1. The lowest BCUT2D eigenvalue weighted by atomic mass is 9.87. The number of hydrogen-bond donors (Lipinski definition) is 2. The van der Waals surface area contributed by atoms with Crippen molar-refractivity contribution in [2.24, 2.45) is 5.73 Å². The van der Waals surface area contributed by atoms with Crippen LogP contribution < -0.4 is 15.2 Å². The van der Waals surface area contributed by atoms with Crippen LogP contribution in [0.4, 0.5) is 4.39 Å². The second-order valence-corrected chi connectivity index (χ2v) is 10.0. The maximum Gasteiger partial charge on any atom is 0.249 e. The van der Waals surface area contributed by atoms with Crippen molar-refractivity contribution in [3.8, 4) is 11.5 Å². The molecule has 1 saturated carbocycles. The van der Waals surface area contributed by atoms with E-state index in [1.807, 2.05) is 20.0 Å². The van der Waals surface area contributed by atoms with Crippen LogP contribution in [0.3, 0.4) is 0 Å². The maximum atomic E-state index is 13.8. The molecule has 0 bridgehead atoms. The summed E-state index contributed by atoms with van der Waals surface area (Å²) in [7, 11) is 0. The third-order valence-corrected chi connectivity index (χ3v) is 7.32. The molecule has 1 aliphatic heterocycles. The summed E-state index contributed by atoms with van der Waals surface area (Å²) in [5.74, 6) is 0.669. The van der Waals surface area contributed by atoms with Crippen molar-refractivity contribution in [1.29, 1.82) is 0 Å². The number of aromatic nitrogens is 1. The second kappa shape index (κ2) is 9.90. The number of hydrogen-bond acceptors (Lipinski definition) is 4. The molecule has 0 saturated heterocycles. The van der Waals surface area contributed by atoms with E-state index in [9.17, 15) is 9.18 Å². The molecule has 3 aromatic rings. The Labute approximate surface area is 205 Å². The van der Waals surface area contributed by atoms with Crippen LogP contribution in [-0.4, -0.2) is 47.1 Å². The van der Waals surface area contributed by atoms with Gasteiger partial charge in [0, 0.05) is 40.3 Å². The zero-order valence-electron chi connectivity index (χ0n) is 20.5. The normalized spacial score (nSPS) is 17.9. The molecule has 0 spiro atoms. The smallest absolute Gasteiger partial charge is 0.249 e. The number of benzene rings is 2. The Morgan fingerprint density at radius 2 is 2.09 bits per heavy atom. The molecule has 1 fully saturated rings. The summed E-state index contributed by atoms with van der Waals surface area (Å²) in [6.07, 6.45) is 8.14. The predicted molar refractivity (Wildman–Crippen MR) is 135 cm³/mol. The Hall–Kier alpha value is -3.06. The van der Waals surface area contributed by atoms with Gasteiger partial charge in [0.1, 0.15) is 12.4 Å². The minimum Gasteiger partial charge on any atom is -0.488 e. The third-order valence-electron chi connectivity index (χ3n) is 7.32. The fourth-order valence-corrected chi connectivity index (χ4v) is 5.42. The van der Waals surface area contributed by atoms with E-state index in [-0.39, 0.29) is 18.0 Å². The molecular weight excluding hydrogens is 445 g/mol. The number of fused-ring (bicyclic) bond motifs is 2. The summed E-state index contributed by atoms with van der Waals surface area (Å²) >= 11 is 0. The van der Waals surface area contributed by atoms with Gasteiger partial charge in [-0.1, -0.05) is 6.42 Å². The van der Waals surface area contributed by atoms with Gasteiger partial charge in [-0.15, -0.1) is 0 Å². The van der Waals surface area contributed by atoms with Crippen molar-refractivity contribution in [2.75, 3.05) is 13.2 Å². The molecule has 1 atom stereocenters. The first-order valence-electron chi connectivity index (χ1n) is 12.7. The molecule has 5 rings (SSSR count). The van der Waals surface area contributed by atoms with Crippen LogP contribution >= 0.6 is 0 Å². The Bertz CT molecular complexity index is 1220. The van der Waals surface area contributed by atoms with Gasteiger partial charge in [0.05, 0.1) is 6.10 Å². The SMILES string of the molecule is CC(C)Oc1ccc(C(N)=O)c2c1OC[C@H](N(CCCc1c[nH]c3ccc(F)cc13)C1CCC1)C2. The maximum absolute atomic E-state index is 13.8. The molecule has 2 aromatic carbocycles. The number of aromatic amines is 1. The van der Waals surface area contributed by atoms with Gasteiger partial charge in [-0.2, -0.15) is 0 Å². The minimum atomic E-state index is -0.441. The Balaban J connectivity index is 1.33. The molecule has 0 radical (unpaired) electrons. The van der Waals surface area contributed by atoms with Crippen LogP contribution in [-0.2, 0) is 12.8 Å². The standard InChI is InChI=1S/C28H34FN3O3/c1-17(2)35-26-11-9-22(28(30)33)24-14-21(16-34-27(24)26)32(20-6-3-7-20)12-4-5-18-15-31-25-10-8-19(29)13-23(18)25/h8-11,13,15,17,20-21,31H,3-7,12,14,16H2,1-2H3,(H2,30,33)/t21-/m1/s1. The summed E-state index contributed by atoms with van der Waals surface area (Å²) in [6.45, 7) is 5.42. The molecule has 3 N–H and O–H groups in total. The lowest BCUT2D eigenvalue weighted by molar-refractivity contribution is 0.0419. The highest BCUT2D eigenvalue weighted by Gasteiger charge is 2.35. The molecule has 186 valence electrons. The monoisotopic (exact) mass is 479 g/mol. The van der Waals surface area contributed by atoms with E-state index in [4.69, 9.17) is 15.2 Å².